The molecule has 2 aliphatic rings. The average molecular weight is 419 g/mol. The van der Waals surface area contributed by atoms with Crippen molar-refractivity contribution in [2.24, 2.45) is 4.99 Å². The minimum absolute atomic E-state index is 0.198. The van der Waals surface area contributed by atoms with Gasteiger partial charge in [-0.25, -0.2) is 4.79 Å². The summed E-state index contributed by atoms with van der Waals surface area (Å²) in [5.74, 6) is 1.76. The van der Waals surface area contributed by atoms with Crippen LogP contribution in [0, 0.1) is 0 Å². The number of methoxy groups -OCH3 is 1. The highest BCUT2D eigenvalue weighted by Gasteiger charge is 2.36. The number of nitrogens with zero attached hydrogens (tertiary/aromatic N) is 3. The Labute approximate surface area is 179 Å². The quantitative estimate of drug-likeness (QED) is 0.686. The number of aliphatic imine (C=N–C) groups is 1. The summed E-state index contributed by atoms with van der Waals surface area (Å²) < 4.78 is 16.3. The third-order valence-corrected chi connectivity index (χ3v) is 4.97. The molecule has 0 radical (unpaired) electrons. The number of piperazine rings is 1. The fourth-order valence-electron chi connectivity index (χ4n) is 3.54. The number of amides is 1. The zero-order chi connectivity index (χ0) is 21.6. The molecular formula is C22H34N4O4. The van der Waals surface area contributed by atoms with Crippen molar-refractivity contribution in [2.75, 3.05) is 46.5 Å². The minimum atomic E-state index is -0.477. The fraction of sp³-hybridized carbons (Fsp3) is 0.636. The highest BCUT2D eigenvalue weighted by molar-refractivity contribution is 5.82. The molecule has 1 N–H and O–H groups in total. The van der Waals surface area contributed by atoms with Crippen LogP contribution in [0.25, 0.3) is 0 Å². The molecule has 8 heteroatoms. The molecule has 1 atom stereocenters. The largest absolute Gasteiger partial charge is 0.493 e. The number of guanidine groups is 1. The first-order valence-corrected chi connectivity index (χ1v) is 10.6. The number of hydrogen-bond donors (Lipinski definition) is 1. The molecule has 0 saturated carbocycles. The Bertz CT molecular complexity index is 747. The smallest absolute Gasteiger partial charge is 0.410 e. The number of benzene rings is 1. The van der Waals surface area contributed by atoms with Gasteiger partial charge in [-0.3, -0.25) is 4.99 Å². The van der Waals surface area contributed by atoms with Crippen LogP contribution in [0.5, 0.6) is 5.75 Å². The summed E-state index contributed by atoms with van der Waals surface area (Å²) in [6.07, 6.45) is 0.623. The molecule has 1 fully saturated rings. The highest BCUT2D eigenvalue weighted by atomic mass is 16.6. The van der Waals surface area contributed by atoms with E-state index in [1.807, 2.05) is 39.0 Å². The lowest BCUT2D eigenvalue weighted by molar-refractivity contribution is 0.0137. The third-order valence-electron chi connectivity index (χ3n) is 4.97. The standard InChI is InChI=1S/C22H34N4O4/c1-22(2,3)30-21(27)25-9-10-26-18(16-25)15-24-20(26)23-14-17-7-5-8-19(13-17)29-12-6-11-28-4/h5,7-8,13,18H,6,9-12,14-16H2,1-4H3,(H,23,24). The number of ether oxygens (including phenoxy) is 3. The van der Waals surface area contributed by atoms with Gasteiger partial charge < -0.3 is 29.3 Å². The second-order valence-electron chi connectivity index (χ2n) is 8.63. The van der Waals surface area contributed by atoms with Crippen molar-refractivity contribution in [3.63, 3.8) is 0 Å². The molecule has 0 bridgehead atoms. The lowest BCUT2D eigenvalue weighted by atomic mass is 10.2. The number of carbonyl (C=O) groups is 1. The molecule has 2 aliphatic heterocycles. The van der Waals surface area contributed by atoms with Gasteiger partial charge >= 0.3 is 6.09 Å². The van der Waals surface area contributed by atoms with E-state index >= 15 is 0 Å². The van der Waals surface area contributed by atoms with E-state index in [4.69, 9.17) is 14.2 Å². The lowest BCUT2D eigenvalue weighted by Gasteiger charge is -2.39. The van der Waals surface area contributed by atoms with Crippen LogP contribution in [0.4, 0.5) is 4.79 Å². The Kier molecular flexibility index (Phi) is 7.42. The summed E-state index contributed by atoms with van der Waals surface area (Å²) in [4.78, 5) is 21.1. The monoisotopic (exact) mass is 418 g/mol. The molecule has 0 aliphatic carbocycles. The molecule has 8 nitrogen and oxygen atoms in total. The molecule has 2 heterocycles. The van der Waals surface area contributed by atoms with Gasteiger partial charge in [0, 0.05) is 46.3 Å². The first kappa shape index (κ1) is 22.2. The topological polar surface area (TPSA) is 75.6 Å². The number of hydrogen-bond acceptors (Lipinski definition) is 7. The molecule has 1 amide bonds. The van der Waals surface area contributed by atoms with Crippen molar-refractivity contribution in [1.82, 2.24) is 15.1 Å². The van der Waals surface area contributed by atoms with Gasteiger partial charge in [0.2, 0.25) is 0 Å². The van der Waals surface area contributed by atoms with Crippen molar-refractivity contribution in [2.45, 2.75) is 45.4 Å². The predicted octanol–water partition coefficient (Wildman–Crippen LogP) is 2.48. The van der Waals surface area contributed by atoms with Gasteiger partial charge in [0.1, 0.15) is 11.4 Å². The van der Waals surface area contributed by atoms with E-state index < -0.39 is 5.60 Å². The summed E-state index contributed by atoms with van der Waals surface area (Å²) >= 11 is 0. The Balaban J connectivity index is 1.47. The number of carbonyl (C=O) groups excluding carboxylic acids is 1. The van der Waals surface area contributed by atoms with Gasteiger partial charge in [0.05, 0.1) is 19.2 Å². The van der Waals surface area contributed by atoms with Crippen LogP contribution in [0.1, 0.15) is 32.8 Å². The average Bonchev–Trinajstić information content (AvgIpc) is 3.11. The van der Waals surface area contributed by atoms with E-state index in [0.717, 1.165) is 30.2 Å². The van der Waals surface area contributed by atoms with E-state index in [1.54, 1.807) is 12.0 Å². The zero-order valence-corrected chi connectivity index (χ0v) is 18.5. The first-order chi connectivity index (χ1) is 14.4. The second kappa shape index (κ2) is 10.0. The Hall–Kier alpha value is -2.48. The summed E-state index contributed by atoms with van der Waals surface area (Å²) in [7, 11) is 1.69. The third kappa shape index (κ3) is 6.26. The number of fused-ring (bicyclic) bond motifs is 1. The van der Waals surface area contributed by atoms with Crippen LogP contribution in [-0.4, -0.2) is 80.0 Å². The summed E-state index contributed by atoms with van der Waals surface area (Å²) in [5.41, 5.74) is 0.660. The molecule has 166 valence electrons. The van der Waals surface area contributed by atoms with Crippen molar-refractivity contribution in [3.05, 3.63) is 29.8 Å². The number of rotatable bonds is 7. The SMILES string of the molecule is COCCCOc1cccc(CNC2=NCC3CN(C(=O)OC(C)(C)C)CCN23)c1. The number of nitrogens with one attached hydrogen (secondary N) is 1. The van der Waals surface area contributed by atoms with Crippen molar-refractivity contribution in [1.29, 1.82) is 0 Å². The fourth-order valence-corrected chi connectivity index (χ4v) is 3.54. The van der Waals surface area contributed by atoms with Crippen LogP contribution < -0.4 is 10.1 Å². The van der Waals surface area contributed by atoms with Crippen molar-refractivity contribution in [3.8, 4) is 5.75 Å². The maximum absolute atomic E-state index is 12.4. The maximum Gasteiger partial charge on any atom is 0.410 e. The van der Waals surface area contributed by atoms with Gasteiger partial charge in [-0.2, -0.15) is 0 Å². The summed E-state index contributed by atoms with van der Waals surface area (Å²) in [6, 6.07) is 8.29. The van der Waals surface area contributed by atoms with Gasteiger partial charge in [-0.1, -0.05) is 12.1 Å². The first-order valence-electron chi connectivity index (χ1n) is 10.6. The van der Waals surface area contributed by atoms with E-state index in [-0.39, 0.29) is 12.1 Å². The van der Waals surface area contributed by atoms with Crippen molar-refractivity contribution >= 4 is 12.1 Å². The molecule has 3 rings (SSSR count). The molecular weight excluding hydrogens is 384 g/mol. The molecule has 1 aromatic carbocycles. The lowest BCUT2D eigenvalue weighted by Crippen LogP contribution is -2.57. The zero-order valence-electron chi connectivity index (χ0n) is 18.5. The van der Waals surface area contributed by atoms with Gasteiger partial charge in [-0.05, 0) is 38.5 Å². The Morgan fingerprint density at radius 3 is 2.87 bits per heavy atom. The molecule has 1 aromatic rings. The maximum atomic E-state index is 12.4. The highest BCUT2D eigenvalue weighted by Crippen LogP contribution is 2.19. The van der Waals surface area contributed by atoms with Crippen LogP contribution >= 0.6 is 0 Å². The van der Waals surface area contributed by atoms with Gasteiger partial charge in [0.15, 0.2) is 5.96 Å². The van der Waals surface area contributed by atoms with Crippen LogP contribution in [0.2, 0.25) is 0 Å². The van der Waals surface area contributed by atoms with E-state index in [2.05, 4.69) is 21.3 Å². The van der Waals surface area contributed by atoms with E-state index in [1.165, 1.54) is 0 Å². The molecule has 0 spiro atoms. The van der Waals surface area contributed by atoms with Crippen LogP contribution in [-0.2, 0) is 16.0 Å². The van der Waals surface area contributed by atoms with Gasteiger partial charge in [-0.15, -0.1) is 0 Å². The minimum Gasteiger partial charge on any atom is -0.493 e. The second-order valence-corrected chi connectivity index (χ2v) is 8.63. The molecule has 0 aromatic heterocycles. The molecule has 1 unspecified atom stereocenters. The van der Waals surface area contributed by atoms with Crippen LogP contribution in [0.15, 0.2) is 29.3 Å². The summed E-state index contributed by atoms with van der Waals surface area (Å²) in [5, 5.41) is 3.45. The Morgan fingerprint density at radius 1 is 1.27 bits per heavy atom. The van der Waals surface area contributed by atoms with E-state index in [9.17, 15) is 4.79 Å². The molecule has 30 heavy (non-hydrogen) atoms. The van der Waals surface area contributed by atoms with Crippen molar-refractivity contribution < 1.29 is 19.0 Å². The van der Waals surface area contributed by atoms with E-state index in [0.29, 0.717) is 39.4 Å². The van der Waals surface area contributed by atoms with Crippen LogP contribution in [0.3, 0.4) is 0 Å². The normalized spacial score (nSPS) is 18.7. The molecule has 1 saturated heterocycles. The Morgan fingerprint density at radius 2 is 2.10 bits per heavy atom. The summed E-state index contributed by atoms with van der Waals surface area (Å²) in [6.45, 7) is 10.4. The van der Waals surface area contributed by atoms with Gasteiger partial charge in [0.25, 0.3) is 0 Å². The predicted molar refractivity (Wildman–Crippen MR) is 116 cm³/mol.